The molecule has 13 rings (SSSR count). The van der Waals surface area contributed by atoms with Gasteiger partial charge in [0, 0.05) is 50.1 Å². The third kappa shape index (κ3) is 5.16. The smallest absolute Gasteiger partial charge is 0.162 e. The van der Waals surface area contributed by atoms with E-state index in [9.17, 15) is 0 Å². The van der Waals surface area contributed by atoms with E-state index in [2.05, 4.69) is 190 Å². The number of nitrogens with zero attached hydrogens (tertiary/aromatic N) is 5. The zero-order valence-electron chi connectivity index (χ0n) is 32.7. The van der Waals surface area contributed by atoms with Gasteiger partial charge in [-0.2, -0.15) is 0 Å². The van der Waals surface area contributed by atoms with Crippen molar-refractivity contribution in [2.75, 3.05) is 0 Å². The normalized spacial score (nSPS) is 11.9. The van der Waals surface area contributed by atoms with Crippen LogP contribution in [0, 0.1) is 0 Å². The van der Waals surface area contributed by atoms with Gasteiger partial charge in [-0.3, -0.25) is 9.55 Å². The molecule has 5 heterocycles. The Balaban J connectivity index is 1.13. The molecule has 0 radical (unpaired) electrons. The number of pyridine rings is 1. The molecule has 6 heteroatoms. The van der Waals surface area contributed by atoms with E-state index in [-0.39, 0.29) is 0 Å². The summed E-state index contributed by atoms with van der Waals surface area (Å²) in [6.07, 6.45) is 3.61. The highest BCUT2D eigenvalue weighted by Gasteiger charge is 2.23. The maximum atomic E-state index is 5.45. The fourth-order valence-electron chi connectivity index (χ4n) is 9.55. The molecule has 284 valence electrons. The van der Waals surface area contributed by atoms with Crippen LogP contribution in [0.3, 0.4) is 0 Å². The van der Waals surface area contributed by atoms with Crippen LogP contribution in [0.4, 0.5) is 0 Å². The lowest BCUT2D eigenvalue weighted by Gasteiger charge is -2.11. The summed E-state index contributed by atoms with van der Waals surface area (Å²) >= 11 is 1.74. The Morgan fingerprint density at radius 3 is 1.84 bits per heavy atom. The van der Waals surface area contributed by atoms with E-state index in [4.69, 9.17) is 9.97 Å². The van der Waals surface area contributed by atoms with E-state index >= 15 is 0 Å². The molecule has 13 aromatic rings. The molecule has 5 nitrogen and oxygen atoms in total. The minimum Gasteiger partial charge on any atom is -0.309 e. The Bertz CT molecular complexity index is 3860. The second-order valence-corrected chi connectivity index (χ2v) is 16.6. The third-order valence-electron chi connectivity index (χ3n) is 12.2. The summed E-state index contributed by atoms with van der Waals surface area (Å²) in [4.78, 5) is 16.1. The van der Waals surface area contributed by atoms with Crippen molar-refractivity contribution in [3.05, 3.63) is 200 Å². The van der Waals surface area contributed by atoms with Gasteiger partial charge in [-0.05, 0) is 98.9 Å². The van der Waals surface area contributed by atoms with Crippen molar-refractivity contribution in [2.45, 2.75) is 0 Å². The number of rotatable bonds is 5. The molecule has 0 atom stereocenters. The zero-order chi connectivity index (χ0) is 40.0. The summed E-state index contributed by atoms with van der Waals surface area (Å²) in [5.74, 6) is 1.54. The minimum atomic E-state index is 0.670. The van der Waals surface area contributed by atoms with E-state index in [1.54, 1.807) is 23.7 Å². The number of fused-ring (bicyclic) bond motifs is 11. The molecule has 0 aliphatic heterocycles. The molecule has 0 amide bonds. The van der Waals surface area contributed by atoms with Crippen LogP contribution < -0.4 is 0 Å². The van der Waals surface area contributed by atoms with Gasteiger partial charge in [0.15, 0.2) is 11.6 Å². The van der Waals surface area contributed by atoms with Crippen LogP contribution >= 0.6 is 11.3 Å². The molecule has 0 spiro atoms. The average Bonchev–Trinajstić information content (AvgIpc) is 4.03. The van der Waals surface area contributed by atoms with Crippen molar-refractivity contribution >= 4 is 86.7 Å². The largest absolute Gasteiger partial charge is 0.309 e. The van der Waals surface area contributed by atoms with Crippen LogP contribution in [0.1, 0.15) is 0 Å². The molecule has 0 aliphatic carbocycles. The molecule has 8 aromatic carbocycles. The molecule has 0 N–H and O–H groups in total. The second kappa shape index (κ2) is 13.3. The van der Waals surface area contributed by atoms with Crippen LogP contribution in [-0.4, -0.2) is 24.1 Å². The minimum absolute atomic E-state index is 0.670. The molecule has 0 aliphatic rings. The van der Waals surface area contributed by atoms with Gasteiger partial charge in [0.05, 0.1) is 32.3 Å². The van der Waals surface area contributed by atoms with Gasteiger partial charge < -0.3 is 4.57 Å². The first-order chi connectivity index (χ1) is 30.3. The van der Waals surface area contributed by atoms with E-state index in [0.717, 1.165) is 54.3 Å². The first kappa shape index (κ1) is 34.0. The Hall–Kier alpha value is -7.93. The number of aromatic nitrogens is 5. The maximum absolute atomic E-state index is 5.45. The summed E-state index contributed by atoms with van der Waals surface area (Å²) in [5.41, 5.74) is 11.1. The molecular formula is C55H33N5S. The lowest BCUT2D eigenvalue weighted by atomic mass is 9.95. The molecule has 0 unspecified atom stereocenters. The summed E-state index contributed by atoms with van der Waals surface area (Å²) in [5, 5.41) is 9.78. The molecule has 0 fully saturated rings. The second-order valence-electron chi connectivity index (χ2n) is 15.6. The topological polar surface area (TPSA) is 48.5 Å². The van der Waals surface area contributed by atoms with Gasteiger partial charge in [-0.1, -0.05) is 127 Å². The Morgan fingerprint density at radius 2 is 1.07 bits per heavy atom. The highest BCUT2D eigenvalue weighted by atomic mass is 32.1. The quantitative estimate of drug-likeness (QED) is 0.174. The molecular weight excluding hydrogens is 763 g/mol. The summed E-state index contributed by atoms with van der Waals surface area (Å²) in [6, 6.07) is 67.8. The molecule has 0 bridgehead atoms. The number of hydrogen-bond donors (Lipinski definition) is 0. The summed E-state index contributed by atoms with van der Waals surface area (Å²) in [7, 11) is 0. The van der Waals surface area contributed by atoms with Crippen molar-refractivity contribution in [3.8, 4) is 44.5 Å². The van der Waals surface area contributed by atoms with Gasteiger partial charge in [-0.15, -0.1) is 11.3 Å². The fraction of sp³-hybridized carbons (Fsp3) is 0. The number of thiophene rings is 1. The Labute approximate surface area is 354 Å². The first-order valence-electron chi connectivity index (χ1n) is 20.5. The van der Waals surface area contributed by atoms with Crippen LogP contribution in [0.2, 0.25) is 0 Å². The summed E-state index contributed by atoms with van der Waals surface area (Å²) in [6.45, 7) is 0. The van der Waals surface area contributed by atoms with Gasteiger partial charge in [0.25, 0.3) is 0 Å². The lowest BCUT2D eigenvalue weighted by molar-refractivity contribution is 1.08. The standard InChI is InChI=1S/C55H33N5S/c1-3-14-36(15-4-1)49-33-44-53(61-49)55(58-54(57-44)37-28-30-56-31-29-37)60-45-25-24-38(32-43(45)50-40-18-9-7-12-34(40)22-26-47(50)60)42-20-11-21-46-52(42)51-41-19-10-8-13-35(41)23-27-48(51)59(46)39-16-5-2-6-17-39/h1-33H. The molecule has 61 heavy (non-hydrogen) atoms. The molecule has 5 aromatic heterocycles. The monoisotopic (exact) mass is 795 g/mol. The van der Waals surface area contributed by atoms with E-state index in [1.165, 1.54) is 59.7 Å². The van der Waals surface area contributed by atoms with Crippen molar-refractivity contribution < 1.29 is 0 Å². The van der Waals surface area contributed by atoms with Crippen LogP contribution in [0.25, 0.3) is 120 Å². The number of hydrogen-bond acceptors (Lipinski definition) is 4. The van der Waals surface area contributed by atoms with Gasteiger partial charge in [0.2, 0.25) is 0 Å². The van der Waals surface area contributed by atoms with Crippen LogP contribution in [0.15, 0.2) is 200 Å². The Kier molecular flexibility index (Phi) is 7.41. The SMILES string of the molecule is c1ccc(-c2cc3nc(-c4ccncc4)nc(-n4c5ccc(-c6cccc7c6c6c8ccccc8ccc6n7-c6ccccc6)cc5c5c6ccccc6ccc54)c3s2)cc1. The van der Waals surface area contributed by atoms with Gasteiger partial charge in [-0.25, -0.2) is 9.97 Å². The van der Waals surface area contributed by atoms with Crippen LogP contribution in [0.5, 0.6) is 0 Å². The van der Waals surface area contributed by atoms with E-state index in [0.29, 0.717) is 5.82 Å². The highest BCUT2D eigenvalue weighted by Crippen LogP contribution is 2.45. The van der Waals surface area contributed by atoms with Gasteiger partial charge >= 0.3 is 0 Å². The highest BCUT2D eigenvalue weighted by molar-refractivity contribution is 7.22. The van der Waals surface area contributed by atoms with E-state index < -0.39 is 0 Å². The maximum Gasteiger partial charge on any atom is 0.162 e. The van der Waals surface area contributed by atoms with Crippen molar-refractivity contribution in [1.82, 2.24) is 24.1 Å². The average molecular weight is 796 g/mol. The Morgan fingerprint density at radius 1 is 0.410 bits per heavy atom. The predicted octanol–water partition coefficient (Wildman–Crippen LogP) is 14.6. The van der Waals surface area contributed by atoms with Crippen molar-refractivity contribution in [2.24, 2.45) is 0 Å². The van der Waals surface area contributed by atoms with E-state index in [1.807, 2.05) is 12.1 Å². The van der Waals surface area contributed by atoms with Gasteiger partial charge in [0.1, 0.15) is 0 Å². The first-order valence-corrected chi connectivity index (χ1v) is 21.3. The fourth-order valence-corrected chi connectivity index (χ4v) is 10.6. The van der Waals surface area contributed by atoms with Crippen molar-refractivity contribution in [1.29, 1.82) is 0 Å². The van der Waals surface area contributed by atoms with Crippen molar-refractivity contribution in [3.63, 3.8) is 0 Å². The molecule has 0 saturated carbocycles. The number of benzene rings is 8. The van der Waals surface area contributed by atoms with Crippen LogP contribution in [-0.2, 0) is 0 Å². The number of para-hydroxylation sites is 1. The summed E-state index contributed by atoms with van der Waals surface area (Å²) < 4.78 is 5.83. The third-order valence-corrected chi connectivity index (χ3v) is 13.4. The predicted molar refractivity (Wildman–Crippen MR) is 255 cm³/mol. The lowest BCUT2D eigenvalue weighted by Crippen LogP contribution is -2.01. The molecule has 0 saturated heterocycles. The zero-order valence-corrected chi connectivity index (χ0v) is 33.5.